The van der Waals surface area contributed by atoms with Gasteiger partial charge in [0.25, 0.3) is 5.91 Å². The van der Waals surface area contributed by atoms with Crippen molar-refractivity contribution in [2.45, 2.75) is 45.8 Å². The highest BCUT2D eigenvalue weighted by atomic mass is 32.1. The zero-order chi connectivity index (χ0) is 30.9. The predicted molar refractivity (Wildman–Crippen MR) is 164 cm³/mol. The Balaban J connectivity index is 2.06. The van der Waals surface area contributed by atoms with Gasteiger partial charge in [-0.2, -0.15) is 0 Å². The number of hydrogen-bond acceptors (Lipinski definition) is 8. The first kappa shape index (κ1) is 32.3. The monoisotopic (exact) mass is 596 g/mol. The van der Waals surface area contributed by atoms with E-state index in [-0.39, 0.29) is 41.0 Å². The van der Waals surface area contributed by atoms with E-state index in [1.54, 1.807) is 51.4 Å². The van der Waals surface area contributed by atoms with E-state index in [0.717, 1.165) is 10.5 Å². The first-order chi connectivity index (χ1) is 20.0. The molecule has 1 aliphatic rings. The Bertz CT molecular complexity index is 1370. The highest BCUT2D eigenvalue weighted by molar-refractivity contribution is 7.81. The lowest BCUT2D eigenvalue weighted by molar-refractivity contribution is -0.127. The molecule has 3 rings (SSSR count). The van der Waals surface area contributed by atoms with Crippen molar-refractivity contribution in [2.24, 2.45) is 5.92 Å². The smallest absolute Gasteiger partial charge is 0.417 e. The Hall–Kier alpha value is -4.25. The number of allylic oxidation sites excluding steroid dienone is 1. The van der Waals surface area contributed by atoms with Gasteiger partial charge in [0, 0.05) is 36.5 Å². The molecule has 0 aliphatic carbocycles. The first-order valence-corrected chi connectivity index (χ1v) is 13.9. The van der Waals surface area contributed by atoms with Crippen LogP contribution in [0.3, 0.4) is 0 Å². The SMILES string of the molecule is C=CCCOc1cnccc1CNC1=C(C(=S)Nc2cccc(F)c2OC)C(=O)N(C(=O)OC(C)(C)C)CC1CC=C. The molecule has 42 heavy (non-hydrogen) atoms. The molecule has 0 spiro atoms. The van der Waals surface area contributed by atoms with Crippen LogP contribution in [-0.4, -0.2) is 52.7 Å². The average Bonchev–Trinajstić information content (AvgIpc) is 2.92. The number of imide groups is 1. The lowest BCUT2D eigenvalue weighted by atomic mass is 9.91. The lowest BCUT2D eigenvalue weighted by Gasteiger charge is -2.36. The zero-order valence-electron chi connectivity index (χ0n) is 24.4. The normalized spacial score (nSPS) is 15.1. The van der Waals surface area contributed by atoms with Gasteiger partial charge in [0.2, 0.25) is 0 Å². The fraction of sp³-hybridized carbons (Fsp3) is 0.355. The number of carbonyl (C=O) groups is 2. The maximum Gasteiger partial charge on any atom is 0.417 e. The van der Waals surface area contributed by atoms with Gasteiger partial charge < -0.3 is 24.8 Å². The minimum atomic E-state index is -0.829. The van der Waals surface area contributed by atoms with Crippen molar-refractivity contribution in [2.75, 3.05) is 25.6 Å². The average molecular weight is 597 g/mol. The Morgan fingerprint density at radius 3 is 2.69 bits per heavy atom. The molecular formula is C31H37FN4O5S. The number of pyridine rings is 1. The molecule has 2 aromatic rings. The number of benzene rings is 1. The second-order valence-corrected chi connectivity index (χ2v) is 10.9. The number of nitrogens with one attached hydrogen (secondary N) is 2. The summed E-state index contributed by atoms with van der Waals surface area (Å²) in [6.07, 6.45) is 7.02. The molecule has 11 heteroatoms. The molecule has 1 unspecified atom stereocenters. The van der Waals surface area contributed by atoms with Gasteiger partial charge in [0.05, 0.1) is 31.2 Å². The fourth-order valence-electron chi connectivity index (χ4n) is 4.30. The van der Waals surface area contributed by atoms with Crippen LogP contribution in [-0.2, 0) is 16.1 Å². The number of rotatable bonds is 12. The van der Waals surface area contributed by atoms with E-state index in [1.165, 1.54) is 19.2 Å². The minimum Gasteiger partial charge on any atom is -0.492 e. The maximum absolute atomic E-state index is 14.4. The van der Waals surface area contributed by atoms with Crippen LogP contribution >= 0.6 is 12.2 Å². The molecule has 224 valence electrons. The van der Waals surface area contributed by atoms with Crippen molar-refractivity contribution in [3.63, 3.8) is 0 Å². The third-order valence-electron chi connectivity index (χ3n) is 6.17. The van der Waals surface area contributed by atoms with E-state index in [4.69, 9.17) is 26.4 Å². The number of ether oxygens (including phenoxy) is 3. The number of thiocarbonyl (C=S) groups is 1. The fourth-order valence-corrected chi connectivity index (χ4v) is 4.60. The topological polar surface area (TPSA) is 102 Å². The van der Waals surface area contributed by atoms with Crippen LogP contribution in [0, 0.1) is 11.7 Å². The van der Waals surface area contributed by atoms with Gasteiger partial charge in [-0.25, -0.2) is 14.1 Å². The van der Waals surface area contributed by atoms with E-state index in [2.05, 4.69) is 28.8 Å². The van der Waals surface area contributed by atoms with Crippen LogP contribution in [0.2, 0.25) is 0 Å². The van der Waals surface area contributed by atoms with Crippen molar-refractivity contribution in [3.05, 3.63) is 84.6 Å². The molecule has 0 bridgehead atoms. The minimum absolute atomic E-state index is 0.0223. The van der Waals surface area contributed by atoms with E-state index < -0.39 is 23.4 Å². The summed E-state index contributed by atoms with van der Waals surface area (Å²) in [4.78, 5) is 32.3. The summed E-state index contributed by atoms with van der Waals surface area (Å²) in [5.41, 5.74) is 0.741. The Labute approximate surface area is 251 Å². The molecule has 9 nitrogen and oxygen atoms in total. The van der Waals surface area contributed by atoms with Crippen LogP contribution in [0.1, 0.15) is 39.2 Å². The highest BCUT2D eigenvalue weighted by Crippen LogP contribution is 2.32. The molecule has 0 saturated carbocycles. The summed E-state index contributed by atoms with van der Waals surface area (Å²) in [5, 5.41) is 6.32. The second-order valence-electron chi connectivity index (χ2n) is 10.4. The largest absolute Gasteiger partial charge is 0.492 e. The lowest BCUT2D eigenvalue weighted by Crippen LogP contribution is -2.51. The number of halogens is 1. The number of anilines is 1. The molecule has 0 radical (unpaired) electrons. The molecule has 1 atom stereocenters. The summed E-state index contributed by atoms with van der Waals surface area (Å²) in [6.45, 7) is 13.5. The van der Waals surface area contributed by atoms with Crippen molar-refractivity contribution in [3.8, 4) is 11.5 Å². The van der Waals surface area contributed by atoms with Gasteiger partial charge in [0.1, 0.15) is 16.3 Å². The third-order valence-corrected chi connectivity index (χ3v) is 6.48. The molecular weight excluding hydrogens is 559 g/mol. The first-order valence-electron chi connectivity index (χ1n) is 13.4. The van der Waals surface area contributed by atoms with E-state index in [0.29, 0.717) is 30.9 Å². The molecule has 0 saturated heterocycles. The van der Waals surface area contributed by atoms with Gasteiger partial charge in [-0.05, 0) is 51.8 Å². The predicted octanol–water partition coefficient (Wildman–Crippen LogP) is 5.94. The molecule has 2 amide bonds. The summed E-state index contributed by atoms with van der Waals surface area (Å²) in [7, 11) is 1.33. The van der Waals surface area contributed by atoms with E-state index >= 15 is 0 Å². The molecule has 0 fully saturated rings. The van der Waals surface area contributed by atoms with Gasteiger partial charge in [-0.15, -0.1) is 13.2 Å². The Morgan fingerprint density at radius 1 is 1.26 bits per heavy atom. The Kier molecular flexibility index (Phi) is 11.2. The van der Waals surface area contributed by atoms with Gasteiger partial charge in [-0.3, -0.25) is 9.78 Å². The molecule has 1 aliphatic heterocycles. The number of hydrogen-bond donors (Lipinski definition) is 2. The van der Waals surface area contributed by atoms with Crippen molar-refractivity contribution in [1.82, 2.24) is 15.2 Å². The summed E-state index contributed by atoms with van der Waals surface area (Å²) in [6, 6.07) is 6.12. The number of methoxy groups -OCH3 is 1. The number of aromatic nitrogens is 1. The van der Waals surface area contributed by atoms with Crippen molar-refractivity contribution < 1.29 is 28.2 Å². The zero-order valence-corrected chi connectivity index (χ0v) is 25.2. The number of amides is 2. The standard InChI is InChI=1S/C31H37FN4O5S/c1-7-9-16-40-24-18-33-15-14-20(24)17-34-26-21(11-8-2)19-36(30(38)41-31(3,4)5)29(37)25(26)28(42)35-23-13-10-12-22(32)27(23)39-6/h7-8,10,12-15,18,21,34H,1-2,9,11,16-17,19H2,3-6H3,(H,35,42). The molecule has 2 heterocycles. The third kappa shape index (κ3) is 8.16. The molecule has 1 aromatic heterocycles. The van der Waals surface area contributed by atoms with Crippen LogP contribution in [0.25, 0.3) is 0 Å². The van der Waals surface area contributed by atoms with Gasteiger partial charge >= 0.3 is 6.09 Å². The van der Waals surface area contributed by atoms with Gasteiger partial charge in [0.15, 0.2) is 11.6 Å². The van der Waals surface area contributed by atoms with Crippen LogP contribution in [0.15, 0.2) is 73.2 Å². The molecule has 2 N–H and O–H groups in total. The number of carbonyl (C=O) groups excluding carboxylic acids is 2. The number of para-hydroxylation sites is 1. The van der Waals surface area contributed by atoms with Crippen molar-refractivity contribution in [1.29, 1.82) is 0 Å². The highest BCUT2D eigenvalue weighted by Gasteiger charge is 2.40. The second kappa shape index (κ2) is 14.6. The van der Waals surface area contributed by atoms with Crippen molar-refractivity contribution >= 4 is 34.9 Å². The molecule has 1 aromatic carbocycles. The van der Waals surface area contributed by atoms with Gasteiger partial charge in [-0.1, -0.05) is 30.4 Å². The van der Waals surface area contributed by atoms with Crippen LogP contribution in [0.4, 0.5) is 14.9 Å². The van der Waals surface area contributed by atoms with E-state index in [1.807, 2.05) is 6.07 Å². The summed E-state index contributed by atoms with van der Waals surface area (Å²) in [5.74, 6) is -1.13. The summed E-state index contributed by atoms with van der Waals surface area (Å²) >= 11 is 5.72. The maximum atomic E-state index is 14.4. The number of nitrogens with zero attached hydrogens (tertiary/aromatic N) is 2. The summed E-state index contributed by atoms with van der Waals surface area (Å²) < 4.78 is 31.1. The van der Waals surface area contributed by atoms with Crippen LogP contribution in [0.5, 0.6) is 11.5 Å². The Morgan fingerprint density at radius 2 is 2.02 bits per heavy atom. The quantitative estimate of drug-likeness (QED) is 0.175. The van der Waals surface area contributed by atoms with Crippen LogP contribution < -0.4 is 20.1 Å². The van der Waals surface area contributed by atoms with E-state index in [9.17, 15) is 14.0 Å².